The van der Waals surface area contributed by atoms with Gasteiger partial charge in [-0.05, 0) is 44.1 Å². The Morgan fingerprint density at radius 2 is 2.18 bits per heavy atom. The van der Waals surface area contributed by atoms with E-state index in [1.54, 1.807) is 0 Å². The summed E-state index contributed by atoms with van der Waals surface area (Å²) in [4.78, 5) is 14.1. The first-order valence-corrected chi connectivity index (χ1v) is 8.17. The van der Waals surface area contributed by atoms with E-state index < -0.39 is 0 Å². The number of carbonyl (C=O) groups excluding carboxylic acids is 1. The SMILES string of the molecule is CSCCC(C)N1C(=O)CNC1C1CCCC1. The topological polar surface area (TPSA) is 32.3 Å². The Kier molecular flexibility index (Phi) is 4.74. The molecule has 0 aromatic rings. The van der Waals surface area contributed by atoms with Gasteiger partial charge in [0.1, 0.15) is 0 Å². The number of thioether (sulfide) groups is 1. The number of hydrogen-bond donors (Lipinski definition) is 1. The number of rotatable bonds is 5. The second-order valence-corrected chi connectivity index (χ2v) is 6.29. The molecule has 3 nitrogen and oxygen atoms in total. The van der Waals surface area contributed by atoms with Gasteiger partial charge >= 0.3 is 0 Å². The molecule has 4 heteroatoms. The lowest BCUT2D eigenvalue weighted by Gasteiger charge is -2.34. The average molecular weight is 256 g/mol. The minimum absolute atomic E-state index is 0.301. The van der Waals surface area contributed by atoms with Gasteiger partial charge in [-0.3, -0.25) is 10.1 Å². The summed E-state index contributed by atoms with van der Waals surface area (Å²) < 4.78 is 0. The van der Waals surface area contributed by atoms with Crippen molar-refractivity contribution in [3.8, 4) is 0 Å². The Labute approximate surface area is 109 Å². The maximum Gasteiger partial charge on any atom is 0.238 e. The third kappa shape index (κ3) is 2.97. The molecule has 2 fully saturated rings. The minimum Gasteiger partial charge on any atom is -0.323 e. The van der Waals surface area contributed by atoms with Gasteiger partial charge in [-0.15, -0.1) is 0 Å². The molecule has 1 N–H and O–H groups in total. The van der Waals surface area contributed by atoms with E-state index in [0.717, 1.165) is 12.2 Å². The van der Waals surface area contributed by atoms with E-state index in [0.29, 0.717) is 30.6 Å². The molecule has 2 aliphatic rings. The van der Waals surface area contributed by atoms with E-state index in [2.05, 4.69) is 23.4 Å². The maximum absolute atomic E-state index is 12.0. The quantitative estimate of drug-likeness (QED) is 0.817. The predicted molar refractivity (Wildman–Crippen MR) is 73.1 cm³/mol. The molecule has 0 radical (unpaired) electrons. The molecular formula is C13H24N2OS. The van der Waals surface area contributed by atoms with E-state index in [1.807, 2.05) is 11.8 Å². The van der Waals surface area contributed by atoms with Crippen molar-refractivity contribution < 1.29 is 4.79 Å². The van der Waals surface area contributed by atoms with E-state index in [9.17, 15) is 4.79 Å². The fourth-order valence-electron chi connectivity index (χ4n) is 3.15. The summed E-state index contributed by atoms with van der Waals surface area (Å²) in [5.74, 6) is 2.14. The van der Waals surface area contributed by atoms with Crippen molar-refractivity contribution in [3.63, 3.8) is 0 Å². The Hall–Kier alpha value is -0.220. The van der Waals surface area contributed by atoms with Gasteiger partial charge in [0.25, 0.3) is 0 Å². The Bertz CT molecular complexity index is 266. The summed E-state index contributed by atoms with van der Waals surface area (Å²) >= 11 is 1.87. The molecule has 17 heavy (non-hydrogen) atoms. The van der Waals surface area contributed by atoms with Gasteiger partial charge in [-0.25, -0.2) is 0 Å². The van der Waals surface area contributed by atoms with Gasteiger partial charge in [-0.2, -0.15) is 11.8 Å². The van der Waals surface area contributed by atoms with Crippen LogP contribution in [-0.4, -0.2) is 41.6 Å². The summed E-state index contributed by atoms with van der Waals surface area (Å²) in [6, 6.07) is 0.385. The predicted octanol–water partition coefficient (Wildman–Crippen LogP) is 2.08. The maximum atomic E-state index is 12.0. The van der Waals surface area contributed by atoms with Crippen molar-refractivity contribution >= 4 is 17.7 Å². The van der Waals surface area contributed by atoms with Crippen molar-refractivity contribution in [1.29, 1.82) is 0 Å². The van der Waals surface area contributed by atoms with Gasteiger partial charge in [0.2, 0.25) is 5.91 Å². The lowest BCUT2D eigenvalue weighted by molar-refractivity contribution is -0.130. The van der Waals surface area contributed by atoms with E-state index in [-0.39, 0.29) is 0 Å². The van der Waals surface area contributed by atoms with Crippen LogP contribution in [0, 0.1) is 5.92 Å². The van der Waals surface area contributed by atoms with Crippen LogP contribution in [0.2, 0.25) is 0 Å². The molecule has 1 aliphatic carbocycles. The molecule has 2 unspecified atom stereocenters. The van der Waals surface area contributed by atoms with Crippen LogP contribution in [0.1, 0.15) is 39.0 Å². The van der Waals surface area contributed by atoms with Gasteiger partial charge in [0.15, 0.2) is 0 Å². The highest BCUT2D eigenvalue weighted by Crippen LogP contribution is 2.32. The largest absolute Gasteiger partial charge is 0.323 e. The number of carbonyl (C=O) groups is 1. The number of nitrogens with one attached hydrogen (secondary N) is 1. The van der Waals surface area contributed by atoms with Crippen LogP contribution < -0.4 is 5.32 Å². The summed E-state index contributed by atoms with van der Waals surface area (Å²) in [5, 5.41) is 3.43. The molecule has 1 amide bonds. The van der Waals surface area contributed by atoms with Crippen molar-refractivity contribution in [2.75, 3.05) is 18.6 Å². The molecule has 0 spiro atoms. The Morgan fingerprint density at radius 1 is 1.47 bits per heavy atom. The van der Waals surface area contributed by atoms with Gasteiger partial charge in [0.05, 0.1) is 12.7 Å². The first-order chi connectivity index (χ1) is 8.24. The van der Waals surface area contributed by atoms with Gasteiger partial charge < -0.3 is 4.90 Å². The first-order valence-electron chi connectivity index (χ1n) is 6.77. The van der Waals surface area contributed by atoms with Crippen LogP contribution in [-0.2, 0) is 4.79 Å². The van der Waals surface area contributed by atoms with Crippen LogP contribution in [0.25, 0.3) is 0 Å². The van der Waals surface area contributed by atoms with Crippen molar-refractivity contribution in [3.05, 3.63) is 0 Å². The molecule has 1 saturated carbocycles. The monoisotopic (exact) mass is 256 g/mol. The first kappa shape index (κ1) is 13.2. The third-order valence-electron chi connectivity index (χ3n) is 4.11. The Morgan fingerprint density at radius 3 is 2.82 bits per heavy atom. The lowest BCUT2D eigenvalue weighted by atomic mass is 10.0. The van der Waals surface area contributed by atoms with Crippen LogP contribution in [0.15, 0.2) is 0 Å². The molecule has 98 valence electrons. The zero-order valence-corrected chi connectivity index (χ0v) is 11.8. The molecular weight excluding hydrogens is 232 g/mol. The zero-order chi connectivity index (χ0) is 12.3. The van der Waals surface area contributed by atoms with Crippen LogP contribution >= 0.6 is 11.8 Å². The van der Waals surface area contributed by atoms with Gasteiger partial charge in [-0.1, -0.05) is 12.8 Å². The number of nitrogens with zero attached hydrogens (tertiary/aromatic N) is 1. The van der Waals surface area contributed by atoms with Crippen molar-refractivity contribution in [2.45, 2.75) is 51.2 Å². The normalized spacial score (nSPS) is 28.0. The molecule has 2 atom stereocenters. The second kappa shape index (κ2) is 6.10. The smallest absolute Gasteiger partial charge is 0.238 e. The lowest BCUT2D eigenvalue weighted by Crippen LogP contribution is -2.47. The Balaban J connectivity index is 1.97. The van der Waals surface area contributed by atoms with Crippen LogP contribution in [0.4, 0.5) is 0 Å². The summed E-state index contributed by atoms with van der Waals surface area (Å²) in [5.41, 5.74) is 0. The highest BCUT2D eigenvalue weighted by Gasteiger charge is 2.39. The summed E-state index contributed by atoms with van der Waals surface area (Å²) in [7, 11) is 0. The molecule has 1 heterocycles. The van der Waals surface area contributed by atoms with E-state index in [4.69, 9.17) is 0 Å². The highest BCUT2D eigenvalue weighted by molar-refractivity contribution is 7.98. The number of hydrogen-bond acceptors (Lipinski definition) is 3. The molecule has 2 rings (SSSR count). The molecule has 0 bridgehead atoms. The summed E-state index contributed by atoms with van der Waals surface area (Å²) in [6.07, 6.45) is 8.81. The van der Waals surface area contributed by atoms with Gasteiger partial charge in [0, 0.05) is 6.04 Å². The third-order valence-corrected chi connectivity index (χ3v) is 4.76. The minimum atomic E-state index is 0.301. The highest BCUT2D eigenvalue weighted by atomic mass is 32.2. The fourth-order valence-corrected chi connectivity index (χ4v) is 3.73. The van der Waals surface area contributed by atoms with Crippen LogP contribution in [0.3, 0.4) is 0 Å². The van der Waals surface area contributed by atoms with E-state index in [1.165, 1.54) is 25.7 Å². The molecule has 0 aromatic carbocycles. The molecule has 0 aromatic heterocycles. The standard InChI is InChI=1S/C13H24N2OS/c1-10(7-8-17-2)15-12(16)9-14-13(15)11-5-3-4-6-11/h10-11,13-14H,3-9H2,1-2H3. The number of amides is 1. The van der Waals surface area contributed by atoms with Crippen LogP contribution in [0.5, 0.6) is 0 Å². The zero-order valence-electron chi connectivity index (χ0n) is 10.9. The second-order valence-electron chi connectivity index (χ2n) is 5.30. The van der Waals surface area contributed by atoms with Crippen molar-refractivity contribution in [1.82, 2.24) is 10.2 Å². The fraction of sp³-hybridized carbons (Fsp3) is 0.923. The molecule has 1 aliphatic heterocycles. The molecule has 1 saturated heterocycles. The van der Waals surface area contributed by atoms with E-state index >= 15 is 0 Å². The van der Waals surface area contributed by atoms with Crippen molar-refractivity contribution in [2.24, 2.45) is 5.92 Å². The summed E-state index contributed by atoms with van der Waals surface area (Å²) in [6.45, 7) is 2.74. The average Bonchev–Trinajstić information content (AvgIpc) is 2.94.